The number of carbonyl (C=O) groups is 3. The van der Waals surface area contributed by atoms with Crippen molar-refractivity contribution in [2.24, 2.45) is 5.92 Å². The molecule has 6 nitrogen and oxygen atoms in total. The average Bonchev–Trinajstić information content (AvgIpc) is 3.04. The lowest BCUT2D eigenvalue weighted by molar-refractivity contribution is -0.143. The Labute approximate surface area is 159 Å². The summed E-state index contributed by atoms with van der Waals surface area (Å²) in [5.74, 6) is -4.50. The number of aliphatic carboxylic acids is 1. The minimum absolute atomic E-state index is 0.205. The molecule has 0 saturated carbocycles. The van der Waals surface area contributed by atoms with Crippen molar-refractivity contribution in [1.29, 1.82) is 0 Å². The number of carbonyl (C=O) groups excluding carboxylic acids is 2. The normalized spacial score (nSPS) is 17.5. The van der Waals surface area contributed by atoms with Crippen molar-refractivity contribution in [3.63, 3.8) is 0 Å². The first-order valence-corrected chi connectivity index (χ1v) is 8.64. The first-order valence-electron chi connectivity index (χ1n) is 8.64. The minimum Gasteiger partial charge on any atom is -0.479 e. The Hall–Kier alpha value is -3.29. The fraction of sp³-hybridized carbons (Fsp3) is 0.250. The van der Waals surface area contributed by atoms with Crippen molar-refractivity contribution >= 4 is 23.5 Å². The second-order valence-corrected chi connectivity index (χ2v) is 6.60. The highest BCUT2D eigenvalue weighted by Crippen LogP contribution is 2.26. The number of rotatable bonds is 5. The first-order chi connectivity index (χ1) is 13.3. The Morgan fingerprint density at radius 2 is 1.86 bits per heavy atom. The molecule has 1 heterocycles. The summed E-state index contributed by atoms with van der Waals surface area (Å²) < 4.78 is 26.5. The summed E-state index contributed by atoms with van der Waals surface area (Å²) in [6.45, 7) is 1.75. The average molecular weight is 388 g/mol. The highest BCUT2D eigenvalue weighted by Gasteiger charge is 2.39. The maximum atomic E-state index is 13.4. The molecule has 28 heavy (non-hydrogen) atoms. The molecule has 146 valence electrons. The van der Waals surface area contributed by atoms with E-state index >= 15 is 0 Å². The maximum absolute atomic E-state index is 13.4. The molecule has 1 aliphatic heterocycles. The van der Waals surface area contributed by atoms with E-state index in [4.69, 9.17) is 0 Å². The van der Waals surface area contributed by atoms with Crippen LogP contribution < -0.4 is 10.2 Å². The van der Waals surface area contributed by atoms with Gasteiger partial charge in [-0.3, -0.25) is 9.59 Å². The molecule has 0 bridgehead atoms. The van der Waals surface area contributed by atoms with Crippen molar-refractivity contribution in [3.8, 4) is 0 Å². The van der Waals surface area contributed by atoms with E-state index in [1.165, 1.54) is 48.2 Å². The Balaban J connectivity index is 1.75. The number of aryl methyl sites for hydroxylation is 1. The highest BCUT2D eigenvalue weighted by atomic mass is 19.1. The number of benzene rings is 2. The smallest absolute Gasteiger partial charge is 0.330 e. The van der Waals surface area contributed by atoms with E-state index in [0.29, 0.717) is 5.69 Å². The largest absolute Gasteiger partial charge is 0.479 e. The van der Waals surface area contributed by atoms with Crippen LogP contribution in [-0.2, 0) is 14.4 Å². The number of hydrogen-bond acceptors (Lipinski definition) is 3. The van der Waals surface area contributed by atoms with Gasteiger partial charge >= 0.3 is 5.97 Å². The van der Waals surface area contributed by atoms with E-state index in [2.05, 4.69) is 5.32 Å². The van der Waals surface area contributed by atoms with Gasteiger partial charge in [0.25, 0.3) is 0 Å². The lowest BCUT2D eigenvalue weighted by Gasteiger charge is -2.19. The number of anilines is 1. The zero-order chi connectivity index (χ0) is 20.4. The molecular formula is C20H18F2N2O4. The van der Waals surface area contributed by atoms with Crippen molar-refractivity contribution in [1.82, 2.24) is 5.32 Å². The number of halogens is 2. The summed E-state index contributed by atoms with van der Waals surface area (Å²) in [5, 5.41) is 11.8. The van der Waals surface area contributed by atoms with E-state index in [0.717, 1.165) is 6.07 Å². The lowest BCUT2D eigenvalue weighted by Crippen LogP contribution is -2.41. The molecule has 1 aliphatic rings. The zero-order valence-corrected chi connectivity index (χ0v) is 15.0. The topological polar surface area (TPSA) is 86.7 Å². The number of carboxylic acids is 1. The molecule has 1 fully saturated rings. The van der Waals surface area contributed by atoms with Crippen LogP contribution in [0.15, 0.2) is 42.5 Å². The highest BCUT2D eigenvalue weighted by molar-refractivity contribution is 6.10. The Kier molecular flexibility index (Phi) is 5.39. The molecule has 0 aliphatic carbocycles. The Morgan fingerprint density at radius 3 is 2.46 bits per heavy atom. The first kappa shape index (κ1) is 19.5. The zero-order valence-electron chi connectivity index (χ0n) is 15.0. The van der Waals surface area contributed by atoms with Crippen LogP contribution in [0.3, 0.4) is 0 Å². The summed E-state index contributed by atoms with van der Waals surface area (Å²) >= 11 is 0. The molecule has 2 N–H and O–H groups in total. The molecular weight excluding hydrogens is 370 g/mol. The van der Waals surface area contributed by atoms with Crippen molar-refractivity contribution < 1.29 is 28.3 Å². The number of hydrogen-bond donors (Lipinski definition) is 2. The molecule has 2 unspecified atom stereocenters. The van der Waals surface area contributed by atoms with Gasteiger partial charge in [-0.1, -0.05) is 12.1 Å². The number of nitrogens with one attached hydrogen (secondary N) is 1. The minimum atomic E-state index is -1.40. The quantitative estimate of drug-likeness (QED) is 0.771. The van der Waals surface area contributed by atoms with Crippen LogP contribution in [0.1, 0.15) is 23.6 Å². The van der Waals surface area contributed by atoms with Gasteiger partial charge in [0.05, 0.1) is 0 Å². The molecule has 2 atom stereocenters. The fourth-order valence-corrected chi connectivity index (χ4v) is 3.18. The summed E-state index contributed by atoms with van der Waals surface area (Å²) in [7, 11) is 0. The van der Waals surface area contributed by atoms with Crippen molar-refractivity contribution in [2.45, 2.75) is 19.4 Å². The second-order valence-electron chi connectivity index (χ2n) is 6.60. The van der Waals surface area contributed by atoms with Crippen molar-refractivity contribution in [2.75, 3.05) is 11.4 Å². The van der Waals surface area contributed by atoms with Crippen LogP contribution in [0.2, 0.25) is 0 Å². The predicted molar refractivity (Wildman–Crippen MR) is 96.5 cm³/mol. The number of carboxylic acid groups (broad SMARTS) is 1. The van der Waals surface area contributed by atoms with Gasteiger partial charge in [0.1, 0.15) is 17.6 Å². The van der Waals surface area contributed by atoms with Crippen LogP contribution in [0.25, 0.3) is 0 Å². The molecule has 2 aromatic carbocycles. The third kappa shape index (κ3) is 3.85. The van der Waals surface area contributed by atoms with E-state index in [1.54, 1.807) is 0 Å². The van der Waals surface area contributed by atoms with E-state index < -0.39 is 41.4 Å². The van der Waals surface area contributed by atoms with Crippen molar-refractivity contribution in [3.05, 3.63) is 65.2 Å². The van der Waals surface area contributed by atoms with Gasteiger partial charge in [0, 0.05) is 12.2 Å². The Morgan fingerprint density at radius 1 is 1.18 bits per heavy atom. The van der Waals surface area contributed by atoms with E-state index in [-0.39, 0.29) is 24.1 Å². The SMILES string of the molecule is Cc1cc(C(NC(=O)C2CCN(c3ccc(F)cc3)C2=O)C(=O)O)ccc1F. The summed E-state index contributed by atoms with van der Waals surface area (Å²) in [6, 6.07) is 7.66. The molecule has 1 saturated heterocycles. The van der Waals surface area contributed by atoms with Gasteiger partial charge < -0.3 is 15.3 Å². The van der Waals surface area contributed by atoms with Crippen LogP contribution >= 0.6 is 0 Å². The third-order valence-electron chi connectivity index (χ3n) is 4.71. The Bertz CT molecular complexity index is 930. The molecule has 0 spiro atoms. The number of amides is 2. The monoisotopic (exact) mass is 388 g/mol. The van der Waals surface area contributed by atoms with Gasteiger partial charge in [0.15, 0.2) is 6.04 Å². The molecule has 2 amide bonds. The lowest BCUT2D eigenvalue weighted by atomic mass is 10.0. The number of nitrogens with zero attached hydrogens (tertiary/aromatic N) is 1. The van der Waals surface area contributed by atoms with E-state index in [9.17, 15) is 28.3 Å². The summed E-state index contributed by atoms with van der Waals surface area (Å²) in [4.78, 5) is 38.1. The van der Waals surface area contributed by atoms with Gasteiger partial charge in [-0.25, -0.2) is 13.6 Å². The fourth-order valence-electron chi connectivity index (χ4n) is 3.18. The molecule has 0 radical (unpaired) electrons. The predicted octanol–water partition coefficient (Wildman–Crippen LogP) is 2.57. The van der Waals surface area contributed by atoms with Gasteiger partial charge in [0.2, 0.25) is 11.8 Å². The van der Waals surface area contributed by atoms with Gasteiger partial charge in [-0.05, 0) is 54.8 Å². The summed E-state index contributed by atoms with van der Waals surface area (Å²) in [5.41, 5.74) is 0.920. The maximum Gasteiger partial charge on any atom is 0.330 e. The van der Waals surface area contributed by atoms with Crippen LogP contribution in [0.5, 0.6) is 0 Å². The second kappa shape index (κ2) is 7.75. The third-order valence-corrected chi connectivity index (χ3v) is 4.71. The molecule has 8 heteroatoms. The molecule has 2 aromatic rings. The molecule has 0 aromatic heterocycles. The van der Waals surface area contributed by atoms with Crippen LogP contribution in [0, 0.1) is 24.5 Å². The van der Waals surface area contributed by atoms with E-state index in [1.807, 2.05) is 0 Å². The summed E-state index contributed by atoms with van der Waals surface area (Å²) in [6.07, 6.45) is 0.205. The van der Waals surface area contributed by atoms with Gasteiger partial charge in [-0.2, -0.15) is 0 Å². The van der Waals surface area contributed by atoms with Crippen LogP contribution in [0.4, 0.5) is 14.5 Å². The van der Waals surface area contributed by atoms with Crippen LogP contribution in [-0.4, -0.2) is 29.4 Å². The standard InChI is InChI=1S/C20H18F2N2O4/c1-11-10-12(2-7-16(11)22)17(20(27)28)23-18(25)15-8-9-24(19(15)26)14-5-3-13(21)4-6-14/h2-7,10,15,17H,8-9H2,1H3,(H,23,25)(H,27,28). The van der Waals surface area contributed by atoms with Gasteiger partial charge in [-0.15, -0.1) is 0 Å². The molecule has 3 rings (SSSR count).